The van der Waals surface area contributed by atoms with Gasteiger partial charge in [0.05, 0.1) is 11.1 Å². The minimum absolute atomic E-state index is 0. The molecule has 5 rings (SSSR count). The summed E-state index contributed by atoms with van der Waals surface area (Å²) in [5, 5.41) is 3.34. The number of amides is 1. The van der Waals surface area contributed by atoms with Crippen molar-refractivity contribution in [1.29, 1.82) is 0 Å². The van der Waals surface area contributed by atoms with E-state index in [1.165, 1.54) is 25.8 Å². The molecular formula is C24H36ClFN4O. The minimum Gasteiger partial charge on any atom is -0.370 e. The normalized spacial score (nSPS) is 28.9. The fourth-order valence-electron chi connectivity index (χ4n) is 6.24. The molecule has 4 aliphatic rings. The summed E-state index contributed by atoms with van der Waals surface area (Å²) < 4.78 is 15.2. The summed E-state index contributed by atoms with van der Waals surface area (Å²) >= 11 is 0. The maximum atomic E-state index is 15.2. The number of halogens is 2. The van der Waals surface area contributed by atoms with E-state index in [1.54, 1.807) is 11.0 Å². The second-order valence-corrected chi connectivity index (χ2v) is 9.84. The van der Waals surface area contributed by atoms with Crippen molar-refractivity contribution in [2.45, 2.75) is 64.0 Å². The summed E-state index contributed by atoms with van der Waals surface area (Å²) in [6.07, 6.45) is 7.66. The maximum Gasteiger partial charge on any atom is 0.233 e. The lowest BCUT2D eigenvalue weighted by Crippen LogP contribution is -2.46. The molecule has 5 nitrogen and oxygen atoms in total. The average Bonchev–Trinajstić information content (AvgIpc) is 3.36. The molecule has 0 aromatic heterocycles. The number of nitrogens with zero attached hydrogens (tertiary/aromatic N) is 3. The van der Waals surface area contributed by atoms with Crippen LogP contribution in [0.5, 0.6) is 0 Å². The van der Waals surface area contributed by atoms with Crippen molar-refractivity contribution in [1.82, 2.24) is 10.2 Å². The highest BCUT2D eigenvalue weighted by Gasteiger charge is 2.47. The maximum absolute atomic E-state index is 15.2. The van der Waals surface area contributed by atoms with Gasteiger partial charge in [-0.25, -0.2) is 4.39 Å². The van der Waals surface area contributed by atoms with Gasteiger partial charge in [0.1, 0.15) is 5.82 Å². The Morgan fingerprint density at radius 1 is 1.06 bits per heavy atom. The van der Waals surface area contributed by atoms with Gasteiger partial charge in [-0.15, -0.1) is 12.4 Å². The van der Waals surface area contributed by atoms with Crippen LogP contribution in [0.25, 0.3) is 0 Å². The third-order valence-electron chi connectivity index (χ3n) is 8.15. The highest BCUT2D eigenvalue weighted by atomic mass is 35.5. The van der Waals surface area contributed by atoms with Crippen molar-refractivity contribution in [2.24, 2.45) is 5.41 Å². The quantitative estimate of drug-likeness (QED) is 0.760. The highest BCUT2D eigenvalue weighted by molar-refractivity contribution is 6.00. The molecule has 0 bridgehead atoms. The fraction of sp³-hybridized carbons (Fsp3) is 0.708. The molecule has 1 N–H and O–H groups in total. The Morgan fingerprint density at radius 3 is 2.61 bits per heavy atom. The summed E-state index contributed by atoms with van der Waals surface area (Å²) in [5.41, 5.74) is 1.13. The lowest BCUT2D eigenvalue weighted by molar-refractivity contribution is -0.126. The summed E-state index contributed by atoms with van der Waals surface area (Å²) in [6.45, 7) is 7.89. The van der Waals surface area contributed by atoms with Crippen LogP contribution in [0.4, 0.5) is 15.8 Å². The van der Waals surface area contributed by atoms with E-state index in [0.717, 1.165) is 57.5 Å². The molecule has 1 amide bonds. The van der Waals surface area contributed by atoms with Crippen LogP contribution < -0.4 is 15.1 Å². The largest absolute Gasteiger partial charge is 0.370 e. The molecule has 0 saturated carbocycles. The highest BCUT2D eigenvalue weighted by Crippen LogP contribution is 2.42. The van der Waals surface area contributed by atoms with E-state index >= 15 is 4.39 Å². The van der Waals surface area contributed by atoms with Crippen molar-refractivity contribution in [2.75, 3.05) is 49.1 Å². The fourth-order valence-corrected chi connectivity index (χ4v) is 6.24. The number of anilines is 2. The third-order valence-corrected chi connectivity index (χ3v) is 8.15. The van der Waals surface area contributed by atoms with E-state index in [2.05, 4.69) is 22.0 Å². The van der Waals surface area contributed by atoms with Crippen LogP contribution in [-0.2, 0) is 4.79 Å². The van der Waals surface area contributed by atoms with Gasteiger partial charge in [0.2, 0.25) is 5.91 Å². The lowest BCUT2D eigenvalue weighted by atomic mass is 9.78. The van der Waals surface area contributed by atoms with Gasteiger partial charge in [0, 0.05) is 37.4 Å². The first-order chi connectivity index (χ1) is 14.6. The van der Waals surface area contributed by atoms with Crippen LogP contribution in [0, 0.1) is 11.2 Å². The van der Waals surface area contributed by atoms with Crippen molar-refractivity contribution >= 4 is 29.7 Å². The zero-order valence-corrected chi connectivity index (χ0v) is 19.4. The van der Waals surface area contributed by atoms with Crippen LogP contribution in [0.2, 0.25) is 0 Å². The van der Waals surface area contributed by atoms with Gasteiger partial charge >= 0.3 is 0 Å². The molecule has 4 aliphatic heterocycles. The van der Waals surface area contributed by atoms with E-state index < -0.39 is 0 Å². The average molecular weight is 451 g/mol. The monoisotopic (exact) mass is 450 g/mol. The number of piperidine rings is 2. The van der Waals surface area contributed by atoms with E-state index in [-0.39, 0.29) is 29.5 Å². The van der Waals surface area contributed by atoms with Crippen molar-refractivity contribution in [3.05, 3.63) is 24.0 Å². The molecule has 0 radical (unpaired) electrons. The summed E-state index contributed by atoms with van der Waals surface area (Å²) in [4.78, 5) is 19.8. The molecule has 4 saturated heterocycles. The van der Waals surface area contributed by atoms with Gasteiger partial charge in [-0.2, -0.15) is 0 Å². The Kier molecular flexibility index (Phi) is 6.80. The van der Waals surface area contributed by atoms with Gasteiger partial charge in [0.25, 0.3) is 0 Å². The number of rotatable bonds is 3. The van der Waals surface area contributed by atoms with Crippen LogP contribution in [0.3, 0.4) is 0 Å². The molecular weight excluding hydrogens is 415 g/mol. The van der Waals surface area contributed by atoms with Gasteiger partial charge in [-0.3, -0.25) is 9.69 Å². The van der Waals surface area contributed by atoms with Gasteiger partial charge in [-0.05, 0) is 83.3 Å². The van der Waals surface area contributed by atoms with Crippen molar-refractivity contribution in [3.8, 4) is 0 Å². The summed E-state index contributed by atoms with van der Waals surface area (Å²) in [7, 11) is 0. The smallest absolute Gasteiger partial charge is 0.233 e. The van der Waals surface area contributed by atoms with Crippen LogP contribution >= 0.6 is 12.4 Å². The van der Waals surface area contributed by atoms with Crippen LogP contribution in [-0.4, -0.2) is 62.2 Å². The molecule has 1 aromatic carbocycles. The predicted octanol–water partition coefficient (Wildman–Crippen LogP) is 3.81. The van der Waals surface area contributed by atoms with E-state index in [1.807, 2.05) is 12.1 Å². The van der Waals surface area contributed by atoms with Gasteiger partial charge in [0.15, 0.2) is 0 Å². The molecule has 1 spiro atoms. The SMILES string of the molecule is C[C@H]1CCCCN1[C@H]1CCN(c2ccc(N3CCC4(CCNCC4)C3=O)c(F)c2)C1.Cl. The molecule has 0 unspecified atom stereocenters. The zero-order chi connectivity index (χ0) is 20.7. The topological polar surface area (TPSA) is 38.8 Å². The molecule has 4 heterocycles. The first kappa shape index (κ1) is 22.8. The number of hydrogen-bond acceptors (Lipinski definition) is 4. The van der Waals surface area contributed by atoms with Gasteiger partial charge in [-0.1, -0.05) is 6.42 Å². The van der Waals surface area contributed by atoms with Gasteiger partial charge < -0.3 is 15.1 Å². The number of hydrogen-bond donors (Lipinski definition) is 1. The molecule has 1 aromatic rings. The van der Waals surface area contributed by atoms with Crippen molar-refractivity contribution in [3.63, 3.8) is 0 Å². The van der Waals surface area contributed by atoms with E-state index in [4.69, 9.17) is 0 Å². The molecule has 4 fully saturated rings. The second-order valence-electron chi connectivity index (χ2n) is 9.84. The standard InChI is InChI=1S/C24H35FN4O.ClH/c1-18-4-2-3-13-28(18)20-7-14-27(17-20)19-5-6-22(21(25)16-19)29-15-10-24(23(29)30)8-11-26-12-9-24;/h5-6,16,18,20,26H,2-4,7-15,17H2,1H3;1H/t18-,20-;/m0./s1. The number of carbonyl (C=O) groups is 1. The first-order valence-electron chi connectivity index (χ1n) is 11.9. The van der Waals surface area contributed by atoms with E-state index in [9.17, 15) is 4.79 Å². The summed E-state index contributed by atoms with van der Waals surface area (Å²) in [6, 6.07) is 6.73. The predicted molar refractivity (Wildman–Crippen MR) is 126 cm³/mol. The Bertz CT molecular complexity index is 800. The number of carbonyl (C=O) groups excluding carboxylic acids is 1. The minimum atomic E-state index is -0.274. The zero-order valence-electron chi connectivity index (χ0n) is 18.6. The first-order valence-corrected chi connectivity index (χ1v) is 11.9. The van der Waals surface area contributed by atoms with E-state index in [0.29, 0.717) is 24.3 Å². The van der Waals surface area contributed by atoms with Crippen molar-refractivity contribution < 1.29 is 9.18 Å². The number of nitrogens with one attached hydrogen (secondary N) is 1. The van der Waals surface area contributed by atoms with Crippen LogP contribution in [0.15, 0.2) is 18.2 Å². The Hall–Kier alpha value is -1.37. The molecule has 172 valence electrons. The molecule has 31 heavy (non-hydrogen) atoms. The molecule has 7 heteroatoms. The molecule has 0 aliphatic carbocycles. The molecule has 2 atom stereocenters. The third kappa shape index (κ3) is 4.19. The Labute approximate surface area is 191 Å². The second kappa shape index (κ2) is 9.24. The number of benzene rings is 1. The Morgan fingerprint density at radius 2 is 1.87 bits per heavy atom. The Balaban J connectivity index is 0.00000231. The number of likely N-dealkylation sites (tertiary alicyclic amines) is 1. The lowest BCUT2D eigenvalue weighted by Gasteiger charge is -2.38. The summed E-state index contributed by atoms with van der Waals surface area (Å²) in [5.74, 6) is -0.141. The van der Waals surface area contributed by atoms with Crippen LogP contribution in [0.1, 0.15) is 51.9 Å².